The van der Waals surface area contributed by atoms with E-state index in [0.29, 0.717) is 24.3 Å². The van der Waals surface area contributed by atoms with Crippen molar-refractivity contribution in [2.75, 3.05) is 13.1 Å². The molecule has 5 atom stereocenters. The summed E-state index contributed by atoms with van der Waals surface area (Å²) in [6, 6.07) is 1.02. The Morgan fingerprint density at radius 2 is 1.75 bits per heavy atom. The zero-order chi connectivity index (χ0) is 11.1. The summed E-state index contributed by atoms with van der Waals surface area (Å²) < 4.78 is 5.90. The Hall–Kier alpha value is -0.120. The van der Waals surface area contributed by atoms with Crippen molar-refractivity contribution in [1.82, 2.24) is 4.90 Å². The molecule has 2 bridgehead atoms. The van der Waals surface area contributed by atoms with Crippen molar-refractivity contribution >= 4 is 0 Å². The minimum absolute atomic E-state index is 0.397. The Balaban J connectivity index is 1.67. The highest BCUT2D eigenvalue weighted by molar-refractivity contribution is 4.94. The summed E-state index contributed by atoms with van der Waals surface area (Å²) >= 11 is 0. The average molecular weight is 224 g/mol. The maximum absolute atomic E-state index is 6.30. The molecule has 3 nitrogen and oxygen atoms in total. The van der Waals surface area contributed by atoms with Gasteiger partial charge in [0.15, 0.2) is 0 Å². The molecule has 3 heteroatoms. The molecular weight excluding hydrogens is 200 g/mol. The fourth-order valence-electron chi connectivity index (χ4n) is 3.71. The van der Waals surface area contributed by atoms with Crippen LogP contribution in [0, 0.1) is 5.92 Å². The van der Waals surface area contributed by atoms with Gasteiger partial charge in [-0.15, -0.1) is 0 Å². The van der Waals surface area contributed by atoms with Crippen molar-refractivity contribution in [3.8, 4) is 0 Å². The lowest BCUT2D eigenvalue weighted by atomic mass is 9.82. The van der Waals surface area contributed by atoms with Gasteiger partial charge in [0.1, 0.15) is 0 Å². The van der Waals surface area contributed by atoms with Gasteiger partial charge in [-0.3, -0.25) is 4.90 Å². The van der Waals surface area contributed by atoms with E-state index >= 15 is 0 Å². The molecule has 0 spiro atoms. The lowest BCUT2D eigenvalue weighted by Gasteiger charge is -2.44. The van der Waals surface area contributed by atoms with Crippen molar-refractivity contribution in [2.45, 2.75) is 63.3 Å². The van der Waals surface area contributed by atoms with Crippen LogP contribution in [0.3, 0.4) is 0 Å². The van der Waals surface area contributed by atoms with E-state index in [4.69, 9.17) is 10.5 Å². The smallest absolute Gasteiger partial charge is 0.0707 e. The van der Waals surface area contributed by atoms with Crippen LogP contribution in [-0.4, -0.2) is 42.3 Å². The Morgan fingerprint density at radius 3 is 2.44 bits per heavy atom. The summed E-state index contributed by atoms with van der Waals surface area (Å²) in [5, 5.41) is 0. The monoisotopic (exact) mass is 224 g/mol. The summed E-state index contributed by atoms with van der Waals surface area (Å²) in [4.78, 5) is 2.63. The molecule has 0 aromatic rings. The lowest BCUT2D eigenvalue weighted by Crippen LogP contribution is -2.56. The van der Waals surface area contributed by atoms with Crippen LogP contribution in [0.4, 0.5) is 0 Å². The fourth-order valence-corrected chi connectivity index (χ4v) is 3.71. The second kappa shape index (κ2) is 4.28. The second-order valence-corrected chi connectivity index (χ2v) is 6.06. The summed E-state index contributed by atoms with van der Waals surface area (Å²) in [5.41, 5.74) is 6.30. The first-order valence-electron chi connectivity index (χ1n) is 6.87. The molecule has 3 rings (SSSR count). The Bertz CT molecular complexity index is 246. The number of rotatable bonds is 1. The van der Waals surface area contributed by atoms with E-state index in [1.165, 1.54) is 32.1 Å². The van der Waals surface area contributed by atoms with E-state index in [0.717, 1.165) is 19.0 Å². The Morgan fingerprint density at radius 1 is 1.06 bits per heavy atom. The van der Waals surface area contributed by atoms with Gasteiger partial charge in [0.05, 0.1) is 12.2 Å². The van der Waals surface area contributed by atoms with Crippen LogP contribution >= 0.6 is 0 Å². The molecule has 16 heavy (non-hydrogen) atoms. The first-order chi connectivity index (χ1) is 7.72. The highest BCUT2D eigenvalue weighted by Crippen LogP contribution is 2.32. The van der Waals surface area contributed by atoms with Gasteiger partial charge in [0.25, 0.3) is 0 Å². The molecule has 0 aromatic carbocycles. The van der Waals surface area contributed by atoms with Crippen LogP contribution in [0.2, 0.25) is 0 Å². The van der Waals surface area contributed by atoms with Gasteiger partial charge in [-0.25, -0.2) is 0 Å². The SMILES string of the molecule is CC1CCC(N)C(N2CC3CCC(C2)O3)C1. The molecule has 2 N–H and O–H groups in total. The number of nitrogens with zero attached hydrogens (tertiary/aromatic N) is 1. The predicted molar refractivity (Wildman–Crippen MR) is 64.2 cm³/mol. The number of hydrogen-bond donors (Lipinski definition) is 1. The molecule has 0 radical (unpaired) electrons. The third-order valence-corrected chi connectivity index (χ3v) is 4.67. The van der Waals surface area contributed by atoms with E-state index in [9.17, 15) is 0 Å². The number of morpholine rings is 1. The summed E-state index contributed by atoms with van der Waals surface area (Å²) in [5.74, 6) is 0.852. The molecule has 0 aromatic heterocycles. The molecule has 5 unspecified atom stereocenters. The second-order valence-electron chi connectivity index (χ2n) is 6.06. The molecule has 2 aliphatic heterocycles. The molecule has 3 aliphatic rings. The van der Waals surface area contributed by atoms with Gasteiger partial charge >= 0.3 is 0 Å². The van der Waals surface area contributed by atoms with E-state index < -0.39 is 0 Å². The van der Waals surface area contributed by atoms with Gasteiger partial charge in [0.2, 0.25) is 0 Å². The molecule has 0 amide bonds. The topological polar surface area (TPSA) is 38.5 Å². The van der Waals surface area contributed by atoms with E-state index in [-0.39, 0.29) is 0 Å². The molecule has 2 heterocycles. The van der Waals surface area contributed by atoms with Crippen molar-refractivity contribution in [2.24, 2.45) is 11.7 Å². The molecule has 3 fully saturated rings. The predicted octanol–water partition coefficient (Wildman–Crippen LogP) is 1.37. The van der Waals surface area contributed by atoms with Gasteiger partial charge in [-0.05, 0) is 38.0 Å². The lowest BCUT2D eigenvalue weighted by molar-refractivity contribution is -0.0627. The minimum atomic E-state index is 0.397. The van der Waals surface area contributed by atoms with Gasteiger partial charge in [0, 0.05) is 25.2 Å². The van der Waals surface area contributed by atoms with Crippen LogP contribution in [0.1, 0.15) is 39.0 Å². The van der Waals surface area contributed by atoms with Crippen molar-refractivity contribution in [1.29, 1.82) is 0 Å². The van der Waals surface area contributed by atoms with E-state index in [1.807, 2.05) is 0 Å². The zero-order valence-electron chi connectivity index (χ0n) is 10.3. The number of hydrogen-bond acceptors (Lipinski definition) is 3. The number of likely N-dealkylation sites (tertiary alicyclic amines) is 1. The maximum atomic E-state index is 6.30. The van der Waals surface area contributed by atoms with E-state index in [1.54, 1.807) is 0 Å². The largest absolute Gasteiger partial charge is 0.372 e. The fraction of sp³-hybridized carbons (Fsp3) is 1.00. The highest BCUT2D eigenvalue weighted by atomic mass is 16.5. The number of nitrogens with two attached hydrogens (primary N) is 1. The summed E-state index contributed by atoms with van der Waals surface area (Å²) in [6.45, 7) is 4.62. The maximum Gasteiger partial charge on any atom is 0.0707 e. The molecule has 2 saturated heterocycles. The standard InChI is InChI=1S/C13H24N2O/c1-9-2-5-12(14)13(6-9)15-7-10-3-4-11(8-15)16-10/h9-13H,2-8,14H2,1H3. The Labute approximate surface area is 98.3 Å². The normalized spacial score (nSPS) is 49.5. The van der Waals surface area contributed by atoms with E-state index in [2.05, 4.69) is 11.8 Å². The average Bonchev–Trinajstić information content (AvgIpc) is 2.61. The quantitative estimate of drug-likeness (QED) is 0.731. The van der Waals surface area contributed by atoms with Crippen molar-refractivity contribution < 1.29 is 4.74 Å². The third kappa shape index (κ3) is 2.01. The van der Waals surface area contributed by atoms with Crippen molar-refractivity contribution in [3.63, 3.8) is 0 Å². The third-order valence-electron chi connectivity index (χ3n) is 4.67. The number of ether oxygens (including phenoxy) is 1. The number of fused-ring (bicyclic) bond motifs is 2. The molecule has 92 valence electrons. The van der Waals surface area contributed by atoms with Crippen LogP contribution in [-0.2, 0) is 4.74 Å². The molecular formula is C13H24N2O. The zero-order valence-corrected chi connectivity index (χ0v) is 10.3. The minimum Gasteiger partial charge on any atom is -0.372 e. The molecule has 1 aliphatic carbocycles. The van der Waals surface area contributed by atoms with Crippen molar-refractivity contribution in [3.05, 3.63) is 0 Å². The Kier molecular flexibility index (Phi) is 2.94. The first-order valence-corrected chi connectivity index (χ1v) is 6.87. The first kappa shape index (κ1) is 11.0. The van der Waals surface area contributed by atoms with Gasteiger partial charge in [-0.2, -0.15) is 0 Å². The molecule has 1 saturated carbocycles. The van der Waals surface area contributed by atoms with Crippen LogP contribution in [0.5, 0.6) is 0 Å². The van der Waals surface area contributed by atoms with Crippen LogP contribution < -0.4 is 5.73 Å². The van der Waals surface area contributed by atoms with Gasteiger partial charge < -0.3 is 10.5 Å². The summed E-state index contributed by atoms with van der Waals surface area (Å²) in [6.07, 6.45) is 7.34. The summed E-state index contributed by atoms with van der Waals surface area (Å²) in [7, 11) is 0. The van der Waals surface area contributed by atoms with Gasteiger partial charge in [-0.1, -0.05) is 6.92 Å². The van der Waals surface area contributed by atoms with Crippen LogP contribution in [0.15, 0.2) is 0 Å². The highest BCUT2D eigenvalue weighted by Gasteiger charge is 2.39. The van der Waals surface area contributed by atoms with Crippen LogP contribution in [0.25, 0.3) is 0 Å².